The Hall–Kier alpha value is -1.95. The van der Waals surface area contributed by atoms with Crippen LogP contribution >= 0.6 is 22.7 Å². The van der Waals surface area contributed by atoms with E-state index < -0.39 is 0 Å². The van der Waals surface area contributed by atoms with E-state index in [2.05, 4.69) is 22.8 Å². The highest BCUT2D eigenvalue weighted by atomic mass is 32.1. The van der Waals surface area contributed by atoms with Crippen molar-refractivity contribution in [2.45, 2.75) is 18.8 Å². The van der Waals surface area contributed by atoms with Gasteiger partial charge in [-0.1, -0.05) is 18.2 Å². The normalized spacial score (nSPS) is 12.0. The lowest BCUT2D eigenvalue weighted by Crippen LogP contribution is -2.25. The predicted molar refractivity (Wildman–Crippen MR) is 105 cm³/mol. The van der Waals surface area contributed by atoms with Crippen molar-refractivity contribution in [2.24, 2.45) is 0 Å². The van der Waals surface area contributed by atoms with Crippen molar-refractivity contribution in [1.29, 1.82) is 0 Å². The molecule has 2 aromatic heterocycles. The van der Waals surface area contributed by atoms with Crippen LogP contribution < -0.4 is 5.32 Å². The highest BCUT2D eigenvalue weighted by molar-refractivity contribution is 7.10. The number of carbonyl (C=O) groups is 1. The van der Waals surface area contributed by atoms with Crippen LogP contribution in [0.2, 0.25) is 0 Å². The number of amides is 1. The molecular formula is C20H21NO2S2. The SMILES string of the molecule is O=C(NCC[C@H](CCO)c1cccs1)c1ccc(-c2ccsc2)cc1. The molecule has 0 saturated carbocycles. The third-order valence-electron chi connectivity index (χ3n) is 4.20. The van der Waals surface area contributed by atoms with E-state index in [0.717, 1.165) is 18.4 Å². The van der Waals surface area contributed by atoms with E-state index in [1.807, 2.05) is 41.1 Å². The highest BCUT2D eigenvalue weighted by Gasteiger charge is 2.13. The van der Waals surface area contributed by atoms with Crippen molar-refractivity contribution in [2.75, 3.05) is 13.2 Å². The summed E-state index contributed by atoms with van der Waals surface area (Å²) in [4.78, 5) is 13.6. The van der Waals surface area contributed by atoms with Gasteiger partial charge in [0.2, 0.25) is 0 Å². The number of benzene rings is 1. The summed E-state index contributed by atoms with van der Waals surface area (Å²) in [6.07, 6.45) is 1.56. The molecule has 0 aliphatic carbocycles. The molecule has 1 aromatic carbocycles. The molecule has 0 aliphatic heterocycles. The number of carbonyl (C=O) groups excluding carboxylic acids is 1. The molecule has 2 N–H and O–H groups in total. The van der Waals surface area contributed by atoms with Gasteiger partial charge in [-0.3, -0.25) is 4.79 Å². The molecule has 3 rings (SSSR count). The van der Waals surface area contributed by atoms with Crippen molar-refractivity contribution in [3.63, 3.8) is 0 Å². The van der Waals surface area contributed by atoms with Gasteiger partial charge in [0.1, 0.15) is 0 Å². The fourth-order valence-electron chi connectivity index (χ4n) is 2.81. The van der Waals surface area contributed by atoms with Gasteiger partial charge in [0.05, 0.1) is 0 Å². The second kappa shape index (κ2) is 8.94. The zero-order valence-corrected chi connectivity index (χ0v) is 15.5. The highest BCUT2D eigenvalue weighted by Crippen LogP contribution is 2.27. The summed E-state index contributed by atoms with van der Waals surface area (Å²) in [5.41, 5.74) is 2.98. The Kier molecular flexibility index (Phi) is 6.39. The number of rotatable bonds is 8. The minimum absolute atomic E-state index is 0.0502. The molecule has 0 aliphatic rings. The summed E-state index contributed by atoms with van der Waals surface area (Å²) in [6, 6.07) is 13.9. The predicted octanol–water partition coefficient (Wildman–Crippen LogP) is 4.76. The molecule has 5 heteroatoms. The van der Waals surface area contributed by atoms with Crippen LogP contribution in [0.25, 0.3) is 11.1 Å². The Labute approximate surface area is 156 Å². The number of thiophene rings is 2. The third kappa shape index (κ3) is 4.78. The van der Waals surface area contributed by atoms with E-state index >= 15 is 0 Å². The van der Waals surface area contributed by atoms with Crippen LogP contribution in [0, 0.1) is 0 Å². The van der Waals surface area contributed by atoms with Crippen molar-refractivity contribution in [3.8, 4) is 11.1 Å². The molecule has 1 atom stereocenters. The van der Waals surface area contributed by atoms with Crippen molar-refractivity contribution < 1.29 is 9.90 Å². The Morgan fingerprint density at radius 1 is 1.04 bits per heavy atom. The van der Waals surface area contributed by atoms with Gasteiger partial charge in [0, 0.05) is 23.6 Å². The lowest BCUT2D eigenvalue weighted by Gasteiger charge is -2.14. The van der Waals surface area contributed by atoms with Crippen LogP contribution in [0.3, 0.4) is 0 Å². The van der Waals surface area contributed by atoms with Crippen molar-refractivity contribution >= 4 is 28.6 Å². The van der Waals surface area contributed by atoms with E-state index in [-0.39, 0.29) is 12.5 Å². The maximum absolute atomic E-state index is 12.3. The van der Waals surface area contributed by atoms with Crippen LogP contribution in [0.5, 0.6) is 0 Å². The Morgan fingerprint density at radius 3 is 2.52 bits per heavy atom. The van der Waals surface area contributed by atoms with Crippen LogP contribution in [0.1, 0.15) is 34.0 Å². The van der Waals surface area contributed by atoms with Gasteiger partial charge in [-0.2, -0.15) is 11.3 Å². The second-order valence-electron chi connectivity index (χ2n) is 5.86. The molecule has 0 unspecified atom stereocenters. The standard InChI is InChI=1S/C20H21NO2S2/c22-11-8-16(19-2-1-12-25-19)7-10-21-20(23)17-5-3-15(4-6-17)18-9-13-24-14-18/h1-6,9,12-14,16,22H,7-8,10-11H2,(H,21,23)/t16-/m1/s1. The smallest absolute Gasteiger partial charge is 0.251 e. The quantitative estimate of drug-likeness (QED) is 0.600. The first-order chi connectivity index (χ1) is 12.3. The monoisotopic (exact) mass is 371 g/mol. The fraction of sp³-hybridized carbons (Fsp3) is 0.250. The first-order valence-electron chi connectivity index (χ1n) is 8.33. The molecule has 0 fully saturated rings. The summed E-state index contributed by atoms with van der Waals surface area (Å²) < 4.78 is 0. The van der Waals surface area contributed by atoms with E-state index in [9.17, 15) is 9.90 Å². The van der Waals surface area contributed by atoms with Gasteiger partial charge >= 0.3 is 0 Å². The number of aliphatic hydroxyl groups is 1. The van der Waals surface area contributed by atoms with E-state index in [1.54, 1.807) is 22.7 Å². The molecule has 3 aromatic rings. The second-order valence-corrected chi connectivity index (χ2v) is 7.62. The Bertz CT molecular complexity index is 765. The molecule has 0 bridgehead atoms. The molecule has 130 valence electrons. The Morgan fingerprint density at radius 2 is 1.88 bits per heavy atom. The molecular weight excluding hydrogens is 350 g/mol. The molecule has 0 saturated heterocycles. The van der Waals surface area contributed by atoms with Crippen LogP contribution in [-0.4, -0.2) is 24.2 Å². The van der Waals surface area contributed by atoms with Gasteiger partial charge in [-0.15, -0.1) is 11.3 Å². The van der Waals surface area contributed by atoms with Crippen molar-refractivity contribution in [3.05, 3.63) is 69.0 Å². The lowest BCUT2D eigenvalue weighted by molar-refractivity contribution is 0.0952. The van der Waals surface area contributed by atoms with Gasteiger partial charge in [-0.25, -0.2) is 0 Å². The van der Waals surface area contributed by atoms with E-state index in [1.165, 1.54) is 10.4 Å². The largest absolute Gasteiger partial charge is 0.396 e. The third-order valence-corrected chi connectivity index (χ3v) is 5.92. The average molecular weight is 372 g/mol. The first-order valence-corrected chi connectivity index (χ1v) is 10.2. The van der Waals surface area contributed by atoms with E-state index in [4.69, 9.17) is 0 Å². The number of hydrogen-bond acceptors (Lipinski definition) is 4. The summed E-state index contributed by atoms with van der Waals surface area (Å²) in [5.74, 6) is 0.247. The van der Waals surface area contributed by atoms with E-state index in [0.29, 0.717) is 18.0 Å². The van der Waals surface area contributed by atoms with Crippen LogP contribution in [0.4, 0.5) is 0 Å². The van der Waals surface area contributed by atoms with Crippen LogP contribution in [0.15, 0.2) is 58.6 Å². The maximum Gasteiger partial charge on any atom is 0.251 e. The zero-order chi connectivity index (χ0) is 17.5. The zero-order valence-electron chi connectivity index (χ0n) is 13.9. The molecule has 2 heterocycles. The number of nitrogens with one attached hydrogen (secondary N) is 1. The van der Waals surface area contributed by atoms with Gasteiger partial charge < -0.3 is 10.4 Å². The molecule has 3 nitrogen and oxygen atoms in total. The summed E-state index contributed by atoms with van der Waals surface area (Å²) in [6.45, 7) is 0.772. The molecule has 0 spiro atoms. The Balaban J connectivity index is 1.53. The molecule has 1 amide bonds. The first kappa shape index (κ1) is 17.9. The fourth-order valence-corrected chi connectivity index (χ4v) is 4.38. The maximum atomic E-state index is 12.3. The van der Waals surface area contributed by atoms with Gasteiger partial charge in [-0.05, 0) is 70.3 Å². The van der Waals surface area contributed by atoms with Crippen LogP contribution in [-0.2, 0) is 0 Å². The average Bonchev–Trinajstić information content (AvgIpc) is 3.34. The van der Waals surface area contributed by atoms with Gasteiger partial charge in [0.25, 0.3) is 5.91 Å². The molecule has 25 heavy (non-hydrogen) atoms. The summed E-state index contributed by atoms with van der Waals surface area (Å²) in [7, 11) is 0. The topological polar surface area (TPSA) is 49.3 Å². The summed E-state index contributed by atoms with van der Waals surface area (Å²) >= 11 is 3.37. The minimum atomic E-state index is -0.0502. The molecule has 0 radical (unpaired) electrons. The number of aliphatic hydroxyl groups excluding tert-OH is 1. The lowest BCUT2D eigenvalue weighted by atomic mass is 10.00. The number of hydrogen-bond donors (Lipinski definition) is 2. The van der Waals surface area contributed by atoms with Gasteiger partial charge in [0.15, 0.2) is 0 Å². The van der Waals surface area contributed by atoms with Crippen molar-refractivity contribution in [1.82, 2.24) is 5.32 Å². The minimum Gasteiger partial charge on any atom is -0.396 e. The summed E-state index contributed by atoms with van der Waals surface area (Å²) in [5, 5.41) is 18.4.